The third-order valence-corrected chi connectivity index (χ3v) is 9.11. The molecular formula is C32H30ClN3O3. The Labute approximate surface area is 232 Å². The average Bonchev–Trinajstić information content (AvgIpc) is 3.68. The molecule has 0 unspecified atom stereocenters. The Morgan fingerprint density at radius 2 is 1.92 bits per heavy atom. The van der Waals surface area contributed by atoms with E-state index in [0.29, 0.717) is 16.8 Å². The fraction of sp³-hybridized carbons (Fsp3) is 0.344. The van der Waals surface area contributed by atoms with Crippen LogP contribution in [-0.2, 0) is 0 Å². The first-order valence-electron chi connectivity index (χ1n) is 13.7. The Kier molecular flexibility index (Phi) is 5.78. The van der Waals surface area contributed by atoms with E-state index in [2.05, 4.69) is 46.2 Å². The Morgan fingerprint density at radius 1 is 1.13 bits per heavy atom. The maximum atomic E-state index is 11.2. The number of carboxylic acid groups (broad SMARTS) is 1. The SMILES string of the molecule is Cc1cccc(Cl)c1-c1noc(C2CC2)c1C=C1CC2(CCN(c3ccc4nc(C(=O)O)ccc4c3)CC2)C1. The van der Waals surface area contributed by atoms with Crippen LogP contribution in [0.25, 0.3) is 28.2 Å². The van der Waals surface area contributed by atoms with Crippen LogP contribution in [0.15, 0.2) is 58.6 Å². The first-order valence-corrected chi connectivity index (χ1v) is 14.1. The molecular weight excluding hydrogens is 510 g/mol. The fourth-order valence-corrected chi connectivity index (χ4v) is 6.75. The summed E-state index contributed by atoms with van der Waals surface area (Å²) in [5.74, 6) is 0.499. The number of fused-ring (bicyclic) bond motifs is 1. The zero-order valence-corrected chi connectivity index (χ0v) is 22.7. The molecule has 2 aromatic carbocycles. The van der Waals surface area contributed by atoms with Crippen LogP contribution < -0.4 is 4.90 Å². The molecule has 7 rings (SSSR count). The highest BCUT2D eigenvalue weighted by atomic mass is 35.5. The molecule has 2 aliphatic carbocycles. The van der Waals surface area contributed by atoms with Crippen LogP contribution in [0.1, 0.15) is 71.8 Å². The summed E-state index contributed by atoms with van der Waals surface area (Å²) in [6, 6.07) is 15.5. The third-order valence-electron chi connectivity index (χ3n) is 8.80. The minimum Gasteiger partial charge on any atom is -0.477 e. The van der Waals surface area contributed by atoms with Crippen molar-refractivity contribution in [1.82, 2.24) is 10.1 Å². The molecule has 3 aliphatic rings. The van der Waals surface area contributed by atoms with Gasteiger partial charge in [0, 0.05) is 41.2 Å². The minimum absolute atomic E-state index is 0.0774. The van der Waals surface area contributed by atoms with Crippen molar-refractivity contribution in [2.75, 3.05) is 18.0 Å². The molecule has 0 bridgehead atoms. The predicted molar refractivity (Wildman–Crippen MR) is 153 cm³/mol. The molecule has 2 saturated carbocycles. The second-order valence-electron chi connectivity index (χ2n) is 11.5. The van der Waals surface area contributed by atoms with E-state index >= 15 is 0 Å². The van der Waals surface area contributed by atoms with Crippen molar-refractivity contribution in [3.63, 3.8) is 0 Å². The van der Waals surface area contributed by atoms with Gasteiger partial charge in [0.15, 0.2) is 0 Å². The number of halogens is 1. The highest BCUT2D eigenvalue weighted by Gasteiger charge is 2.43. The number of anilines is 1. The van der Waals surface area contributed by atoms with Crippen LogP contribution in [0.5, 0.6) is 0 Å². The van der Waals surface area contributed by atoms with Crippen molar-refractivity contribution < 1.29 is 14.4 Å². The molecule has 39 heavy (non-hydrogen) atoms. The van der Waals surface area contributed by atoms with Crippen molar-refractivity contribution in [3.8, 4) is 11.3 Å². The normalized spacial score (nSPS) is 18.4. The van der Waals surface area contributed by atoms with Crippen LogP contribution in [0.3, 0.4) is 0 Å². The standard InChI is InChI=1S/C32H30ClN3O3/c1-19-3-2-4-25(33)28(19)29-24(30(39-35-29)21-5-6-21)15-20-17-32(18-20)11-13-36(14-12-32)23-8-10-26-22(16-23)7-9-27(34-26)31(37)38/h2-4,7-10,15-16,21H,5-6,11-14,17-18H2,1H3,(H,37,38). The molecule has 1 N–H and O–H groups in total. The third kappa shape index (κ3) is 4.41. The molecule has 1 spiro atoms. The number of carbonyl (C=O) groups is 1. The van der Waals surface area contributed by atoms with E-state index in [9.17, 15) is 9.90 Å². The molecule has 7 heteroatoms. The Morgan fingerprint density at radius 3 is 2.64 bits per heavy atom. The zero-order chi connectivity index (χ0) is 26.7. The summed E-state index contributed by atoms with van der Waals surface area (Å²) < 4.78 is 5.91. The molecule has 3 heterocycles. The number of pyridine rings is 1. The quantitative estimate of drug-likeness (QED) is 0.278. The van der Waals surface area contributed by atoms with Crippen LogP contribution in [0.4, 0.5) is 5.69 Å². The summed E-state index contributed by atoms with van der Waals surface area (Å²) >= 11 is 6.62. The average molecular weight is 540 g/mol. The summed E-state index contributed by atoms with van der Waals surface area (Å²) in [6.07, 6.45) is 9.24. The number of hydrogen-bond donors (Lipinski definition) is 1. The molecule has 2 aromatic heterocycles. The number of aromatic nitrogens is 2. The number of benzene rings is 2. The molecule has 3 fully saturated rings. The van der Waals surface area contributed by atoms with Crippen molar-refractivity contribution >= 4 is 40.2 Å². The highest BCUT2D eigenvalue weighted by Crippen LogP contribution is 2.54. The van der Waals surface area contributed by atoms with Crippen molar-refractivity contribution in [1.29, 1.82) is 0 Å². The summed E-state index contributed by atoms with van der Waals surface area (Å²) in [5, 5.41) is 15.4. The highest BCUT2D eigenvalue weighted by molar-refractivity contribution is 6.33. The van der Waals surface area contributed by atoms with E-state index in [1.807, 2.05) is 24.3 Å². The van der Waals surface area contributed by atoms with E-state index in [4.69, 9.17) is 16.1 Å². The molecule has 0 radical (unpaired) electrons. The summed E-state index contributed by atoms with van der Waals surface area (Å²) in [7, 11) is 0. The van der Waals surface area contributed by atoms with Crippen LogP contribution in [-0.4, -0.2) is 34.3 Å². The lowest BCUT2D eigenvalue weighted by Gasteiger charge is -2.50. The van der Waals surface area contributed by atoms with Gasteiger partial charge in [0.05, 0.1) is 10.5 Å². The topological polar surface area (TPSA) is 79.5 Å². The minimum atomic E-state index is -1.00. The Hall–Kier alpha value is -3.64. The van der Waals surface area contributed by atoms with Crippen molar-refractivity contribution in [2.45, 2.75) is 51.4 Å². The number of hydrogen-bond acceptors (Lipinski definition) is 5. The van der Waals surface area contributed by atoms with E-state index in [1.54, 1.807) is 6.07 Å². The van der Waals surface area contributed by atoms with Gasteiger partial charge in [-0.25, -0.2) is 9.78 Å². The largest absolute Gasteiger partial charge is 0.477 e. The smallest absolute Gasteiger partial charge is 0.354 e. The Balaban J connectivity index is 1.07. The van der Waals surface area contributed by atoms with Gasteiger partial charge in [-0.05, 0) is 92.8 Å². The maximum absolute atomic E-state index is 11.2. The molecule has 4 aromatic rings. The summed E-state index contributed by atoms with van der Waals surface area (Å²) in [6.45, 7) is 4.11. The number of aromatic carboxylic acids is 1. The van der Waals surface area contributed by atoms with Crippen molar-refractivity contribution in [2.24, 2.45) is 5.41 Å². The van der Waals surface area contributed by atoms with Gasteiger partial charge >= 0.3 is 5.97 Å². The number of rotatable bonds is 5. The fourth-order valence-electron chi connectivity index (χ4n) is 6.44. The van der Waals surface area contributed by atoms with Crippen LogP contribution >= 0.6 is 11.6 Å². The van der Waals surface area contributed by atoms with Gasteiger partial charge < -0.3 is 14.5 Å². The predicted octanol–water partition coefficient (Wildman–Crippen LogP) is 7.89. The lowest BCUT2D eigenvalue weighted by Crippen LogP contribution is -2.44. The van der Waals surface area contributed by atoms with Gasteiger partial charge in [-0.3, -0.25) is 0 Å². The number of piperidine rings is 1. The zero-order valence-electron chi connectivity index (χ0n) is 21.9. The molecule has 198 valence electrons. The van der Waals surface area contributed by atoms with Gasteiger partial charge in [-0.1, -0.05) is 40.5 Å². The summed E-state index contributed by atoms with van der Waals surface area (Å²) in [4.78, 5) is 17.9. The molecule has 6 nitrogen and oxygen atoms in total. The number of allylic oxidation sites excluding steroid dienone is 1. The first-order chi connectivity index (χ1) is 18.9. The second kappa shape index (κ2) is 9.23. The van der Waals surface area contributed by atoms with Crippen LogP contribution in [0, 0.1) is 12.3 Å². The number of carboxylic acids is 1. The lowest BCUT2D eigenvalue weighted by molar-refractivity contribution is 0.0691. The lowest BCUT2D eigenvalue weighted by atomic mass is 9.60. The molecule has 0 amide bonds. The summed E-state index contributed by atoms with van der Waals surface area (Å²) in [5.41, 5.74) is 7.92. The second-order valence-corrected chi connectivity index (χ2v) is 11.9. The molecule has 0 atom stereocenters. The first kappa shape index (κ1) is 24.4. The van der Waals surface area contributed by atoms with Gasteiger partial charge in [-0.15, -0.1) is 0 Å². The molecule has 1 aliphatic heterocycles. The van der Waals surface area contributed by atoms with Crippen molar-refractivity contribution in [3.05, 3.63) is 81.7 Å². The number of nitrogens with zero attached hydrogens (tertiary/aromatic N) is 3. The number of aryl methyl sites for hydroxylation is 1. The van der Waals surface area contributed by atoms with Gasteiger partial charge in [0.1, 0.15) is 17.1 Å². The van der Waals surface area contributed by atoms with E-state index in [-0.39, 0.29) is 5.69 Å². The molecule has 1 saturated heterocycles. The van der Waals surface area contributed by atoms with Gasteiger partial charge in [0.2, 0.25) is 0 Å². The Bertz CT molecular complexity index is 1610. The van der Waals surface area contributed by atoms with E-state index < -0.39 is 5.97 Å². The van der Waals surface area contributed by atoms with Gasteiger partial charge in [0.25, 0.3) is 0 Å². The van der Waals surface area contributed by atoms with Gasteiger partial charge in [-0.2, -0.15) is 0 Å². The van der Waals surface area contributed by atoms with E-state index in [0.717, 1.165) is 90.2 Å². The monoisotopic (exact) mass is 539 g/mol. The van der Waals surface area contributed by atoms with Crippen LogP contribution in [0.2, 0.25) is 5.02 Å². The maximum Gasteiger partial charge on any atom is 0.354 e. The van der Waals surface area contributed by atoms with E-state index in [1.165, 1.54) is 11.3 Å².